The van der Waals surface area contributed by atoms with Gasteiger partial charge in [0.15, 0.2) is 6.61 Å². The molecule has 0 aliphatic rings. The molecule has 2 aromatic rings. The van der Waals surface area contributed by atoms with Crippen LogP contribution in [0.25, 0.3) is 0 Å². The minimum absolute atomic E-state index is 0.167. The van der Waals surface area contributed by atoms with Crippen molar-refractivity contribution in [1.29, 1.82) is 0 Å². The fourth-order valence-electron chi connectivity index (χ4n) is 1.27. The van der Waals surface area contributed by atoms with E-state index in [-0.39, 0.29) is 12.5 Å². The van der Waals surface area contributed by atoms with E-state index >= 15 is 0 Å². The van der Waals surface area contributed by atoms with Gasteiger partial charge in [0.1, 0.15) is 11.5 Å². The van der Waals surface area contributed by atoms with E-state index in [9.17, 15) is 4.79 Å². The van der Waals surface area contributed by atoms with Gasteiger partial charge in [-0.15, -0.1) is 0 Å². The first kappa shape index (κ1) is 13.2. The summed E-state index contributed by atoms with van der Waals surface area (Å²) in [5, 5.41) is 4.17. The average molecular weight is 279 g/mol. The highest BCUT2D eigenvalue weighted by atomic mass is 35.5. The number of ether oxygens (including phenoxy) is 1. The Balaban J connectivity index is 1.78. The zero-order chi connectivity index (χ0) is 13.5. The third-order valence-electron chi connectivity index (χ3n) is 2.12. The molecule has 0 aliphatic heterocycles. The maximum atomic E-state index is 11.4. The molecule has 0 spiro atoms. The molecule has 0 saturated heterocycles. The Morgan fingerprint density at radius 2 is 2.21 bits per heavy atom. The van der Waals surface area contributed by atoms with Crippen LogP contribution in [-0.2, 0) is 4.79 Å². The number of amides is 1. The van der Waals surface area contributed by atoms with Crippen LogP contribution in [0.2, 0.25) is 5.02 Å². The fraction of sp³-hybridized carbons (Fsp3) is 0.0769. The van der Waals surface area contributed by atoms with E-state index in [2.05, 4.69) is 10.5 Å². The third kappa shape index (κ3) is 4.15. The number of nitrogens with one attached hydrogen (secondary N) is 1. The molecule has 1 aromatic heterocycles. The quantitative estimate of drug-likeness (QED) is 0.675. The van der Waals surface area contributed by atoms with Crippen LogP contribution in [0.5, 0.6) is 5.75 Å². The van der Waals surface area contributed by atoms with Gasteiger partial charge in [0, 0.05) is 0 Å². The van der Waals surface area contributed by atoms with Crippen molar-refractivity contribution in [2.75, 3.05) is 6.61 Å². The van der Waals surface area contributed by atoms with Crippen LogP contribution in [-0.4, -0.2) is 18.7 Å². The lowest BCUT2D eigenvalue weighted by Crippen LogP contribution is -2.24. The van der Waals surface area contributed by atoms with Crippen molar-refractivity contribution in [2.45, 2.75) is 0 Å². The lowest BCUT2D eigenvalue weighted by atomic mass is 10.3. The normalized spacial score (nSPS) is 10.6. The van der Waals surface area contributed by atoms with Gasteiger partial charge in [-0.05, 0) is 24.3 Å². The van der Waals surface area contributed by atoms with Crippen LogP contribution in [0.3, 0.4) is 0 Å². The smallest absolute Gasteiger partial charge is 0.277 e. The van der Waals surface area contributed by atoms with E-state index in [0.29, 0.717) is 16.5 Å². The predicted octanol–water partition coefficient (Wildman–Crippen LogP) is 2.46. The highest BCUT2D eigenvalue weighted by Gasteiger charge is 2.04. The van der Waals surface area contributed by atoms with Gasteiger partial charge < -0.3 is 9.15 Å². The maximum Gasteiger partial charge on any atom is 0.277 e. The summed E-state index contributed by atoms with van der Waals surface area (Å²) in [5.41, 5.74) is 2.31. The summed E-state index contributed by atoms with van der Waals surface area (Å²) in [6.45, 7) is -0.167. The van der Waals surface area contributed by atoms with Crippen molar-refractivity contribution in [3.8, 4) is 5.75 Å². The Hall–Kier alpha value is -2.27. The number of carbonyl (C=O) groups excluding carboxylic acids is 1. The summed E-state index contributed by atoms with van der Waals surface area (Å²) in [6.07, 6.45) is 2.91. The van der Waals surface area contributed by atoms with Gasteiger partial charge in [0.05, 0.1) is 17.5 Å². The number of benzene rings is 1. The Bertz CT molecular complexity index is 567. The van der Waals surface area contributed by atoms with Crippen LogP contribution in [0, 0.1) is 0 Å². The van der Waals surface area contributed by atoms with Crippen molar-refractivity contribution >= 4 is 23.7 Å². The van der Waals surface area contributed by atoms with Crippen LogP contribution < -0.4 is 10.2 Å². The largest absolute Gasteiger partial charge is 0.482 e. The molecule has 19 heavy (non-hydrogen) atoms. The summed E-state index contributed by atoms with van der Waals surface area (Å²) in [5.74, 6) is 0.615. The number of halogens is 1. The van der Waals surface area contributed by atoms with Crippen LogP contribution in [0.4, 0.5) is 0 Å². The van der Waals surface area contributed by atoms with Crippen LogP contribution in [0.1, 0.15) is 5.76 Å². The monoisotopic (exact) mass is 278 g/mol. The fourth-order valence-corrected chi connectivity index (χ4v) is 1.46. The molecule has 0 aliphatic carbocycles. The van der Waals surface area contributed by atoms with Gasteiger partial charge in [0.25, 0.3) is 5.91 Å². The number of rotatable bonds is 5. The van der Waals surface area contributed by atoms with Crippen LogP contribution in [0.15, 0.2) is 52.2 Å². The second kappa shape index (κ2) is 6.61. The molecule has 0 fully saturated rings. The van der Waals surface area contributed by atoms with Crippen LogP contribution >= 0.6 is 11.6 Å². The molecular weight excluding hydrogens is 268 g/mol. The molecule has 0 unspecified atom stereocenters. The number of furan rings is 1. The zero-order valence-electron chi connectivity index (χ0n) is 9.88. The van der Waals surface area contributed by atoms with Gasteiger partial charge in [-0.2, -0.15) is 5.10 Å². The summed E-state index contributed by atoms with van der Waals surface area (Å²) in [7, 11) is 0. The Labute approximate surface area is 114 Å². The molecule has 0 bridgehead atoms. The topological polar surface area (TPSA) is 63.8 Å². The lowest BCUT2D eigenvalue weighted by Gasteiger charge is -2.05. The summed E-state index contributed by atoms with van der Waals surface area (Å²) < 4.78 is 10.3. The molecule has 6 heteroatoms. The molecular formula is C13H11ClN2O3. The van der Waals surface area contributed by atoms with E-state index in [4.69, 9.17) is 20.8 Å². The van der Waals surface area contributed by atoms with E-state index in [1.54, 1.807) is 36.4 Å². The third-order valence-corrected chi connectivity index (χ3v) is 2.43. The van der Waals surface area contributed by atoms with Crippen molar-refractivity contribution in [2.24, 2.45) is 5.10 Å². The van der Waals surface area contributed by atoms with Gasteiger partial charge in [-0.1, -0.05) is 23.7 Å². The SMILES string of the molecule is O=C(COc1ccccc1Cl)N/N=C/c1ccco1. The lowest BCUT2D eigenvalue weighted by molar-refractivity contribution is -0.123. The first-order valence-electron chi connectivity index (χ1n) is 5.48. The van der Waals surface area contributed by atoms with Crippen molar-refractivity contribution < 1.29 is 13.9 Å². The average Bonchev–Trinajstić information content (AvgIpc) is 2.91. The second-order valence-corrected chi connectivity index (χ2v) is 3.93. The van der Waals surface area contributed by atoms with Crippen molar-refractivity contribution in [3.63, 3.8) is 0 Å². The molecule has 1 heterocycles. The molecule has 98 valence electrons. The second-order valence-electron chi connectivity index (χ2n) is 3.53. The van der Waals surface area contributed by atoms with Crippen molar-refractivity contribution in [3.05, 3.63) is 53.4 Å². The number of nitrogens with zero attached hydrogens (tertiary/aromatic N) is 1. The first-order chi connectivity index (χ1) is 9.25. The van der Waals surface area contributed by atoms with Gasteiger partial charge in [-0.25, -0.2) is 5.43 Å². The Morgan fingerprint density at radius 1 is 1.37 bits per heavy atom. The van der Waals surface area contributed by atoms with E-state index < -0.39 is 0 Å². The molecule has 2 rings (SSSR count). The molecule has 5 nitrogen and oxygen atoms in total. The van der Waals surface area contributed by atoms with E-state index in [0.717, 1.165) is 0 Å². The number of hydrogen-bond acceptors (Lipinski definition) is 4. The number of carbonyl (C=O) groups is 1. The zero-order valence-corrected chi connectivity index (χ0v) is 10.6. The number of hydrogen-bond donors (Lipinski definition) is 1. The molecule has 1 N–H and O–H groups in total. The Morgan fingerprint density at radius 3 is 2.95 bits per heavy atom. The molecule has 0 radical (unpaired) electrons. The summed E-state index contributed by atoms with van der Waals surface area (Å²) in [6, 6.07) is 10.4. The Kier molecular flexibility index (Phi) is 4.58. The predicted molar refractivity (Wildman–Crippen MR) is 71.4 cm³/mol. The molecule has 1 aromatic carbocycles. The minimum atomic E-state index is -0.386. The van der Waals surface area contributed by atoms with E-state index in [1.807, 2.05) is 0 Å². The molecule has 1 amide bonds. The van der Waals surface area contributed by atoms with Gasteiger partial charge in [0.2, 0.25) is 0 Å². The molecule has 0 atom stereocenters. The van der Waals surface area contributed by atoms with Gasteiger partial charge >= 0.3 is 0 Å². The first-order valence-corrected chi connectivity index (χ1v) is 5.86. The highest BCUT2D eigenvalue weighted by molar-refractivity contribution is 6.32. The number of hydrazone groups is 1. The molecule has 0 saturated carbocycles. The number of para-hydroxylation sites is 1. The van der Waals surface area contributed by atoms with E-state index in [1.165, 1.54) is 12.5 Å². The summed E-state index contributed by atoms with van der Waals surface area (Å²) >= 11 is 5.88. The van der Waals surface area contributed by atoms with Gasteiger partial charge in [-0.3, -0.25) is 4.79 Å². The highest BCUT2D eigenvalue weighted by Crippen LogP contribution is 2.22. The standard InChI is InChI=1S/C13H11ClN2O3/c14-11-5-1-2-6-12(11)19-9-13(17)16-15-8-10-4-3-7-18-10/h1-8H,9H2,(H,16,17)/b15-8+. The van der Waals surface area contributed by atoms with Crippen molar-refractivity contribution in [1.82, 2.24) is 5.43 Å². The maximum absolute atomic E-state index is 11.4. The summed E-state index contributed by atoms with van der Waals surface area (Å²) in [4.78, 5) is 11.4. The minimum Gasteiger partial charge on any atom is -0.482 e.